The Morgan fingerprint density at radius 1 is 1.00 bits per heavy atom. The van der Waals surface area contributed by atoms with Crippen LogP contribution in [-0.4, -0.2) is 11.2 Å². The fourth-order valence-electron chi connectivity index (χ4n) is 2.08. The Morgan fingerprint density at radius 3 is 2.23 bits per heavy atom. The van der Waals surface area contributed by atoms with Crippen molar-refractivity contribution in [1.82, 2.24) is 0 Å². The first-order valence-corrected chi connectivity index (χ1v) is 6.02. The molecule has 0 aromatic rings. The summed E-state index contributed by atoms with van der Waals surface area (Å²) < 4.78 is 0. The highest BCUT2D eigenvalue weighted by Gasteiger charge is 2.27. The van der Waals surface area contributed by atoms with Gasteiger partial charge in [0.1, 0.15) is 0 Å². The molecule has 0 amide bonds. The molecule has 0 aliphatic heterocycles. The van der Waals surface area contributed by atoms with Gasteiger partial charge in [0.2, 0.25) is 0 Å². The highest BCUT2D eigenvalue weighted by molar-refractivity contribution is 4.79. The Balaban J connectivity index is 1.79. The van der Waals surface area contributed by atoms with E-state index in [1.54, 1.807) is 0 Å². The standard InChI is InChI=1S/C12H24O/c1-2-3-4-5-6-7-8-11-9-10-12(11)13/h11-13H,2-10H2,1H3. The van der Waals surface area contributed by atoms with Crippen molar-refractivity contribution in [1.29, 1.82) is 0 Å². The minimum absolute atomic E-state index is 0.0515. The molecule has 0 saturated heterocycles. The van der Waals surface area contributed by atoms with Gasteiger partial charge in [0, 0.05) is 0 Å². The van der Waals surface area contributed by atoms with Crippen molar-refractivity contribution >= 4 is 0 Å². The molecular formula is C12H24O. The van der Waals surface area contributed by atoms with Crippen molar-refractivity contribution in [3.05, 3.63) is 0 Å². The molecule has 0 heterocycles. The number of aliphatic hydroxyl groups is 1. The van der Waals surface area contributed by atoms with Gasteiger partial charge >= 0.3 is 0 Å². The molecule has 1 aliphatic rings. The largest absolute Gasteiger partial charge is 0.393 e. The van der Waals surface area contributed by atoms with Crippen LogP contribution in [0.2, 0.25) is 0 Å². The number of unbranched alkanes of at least 4 members (excludes halogenated alkanes) is 5. The lowest BCUT2D eigenvalue weighted by atomic mass is 9.78. The van der Waals surface area contributed by atoms with Gasteiger partial charge in [-0.2, -0.15) is 0 Å². The fraction of sp³-hybridized carbons (Fsp3) is 1.00. The van der Waals surface area contributed by atoms with E-state index in [4.69, 9.17) is 0 Å². The van der Waals surface area contributed by atoms with Gasteiger partial charge in [-0.3, -0.25) is 0 Å². The van der Waals surface area contributed by atoms with Crippen molar-refractivity contribution in [2.75, 3.05) is 0 Å². The van der Waals surface area contributed by atoms with Crippen LogP contribution in [0.4, 0.5) is 0 Å². The molecule has 0 bridgehead atoms. The molecular weight excluding hydrogens is 160 g/mol. The Morgan fingerprint density at radius 2 is 1.69 bits per heavy atom. The molecule has 1 nitrogen and oxygen atoms in total. The van der Waals surface area contributed by atoms with E-state index < -0.39 is 0 Å². The van der Waals surface area contributed by atoms with E-state index >= 15 is 0 Å². The highest BCUT2D eigenvalue weighted by atomic mass is 16.3. The number of rotatable bonds is 7. The first-order chi connectivity index (χ1) is 6.34. The summed E-state index contributed by atoms with van der Waals surface area (Å²) in [4.78, 5) is 0. The minimum Gasteiger partial charge on any atom is -0.393 e. The van der Waals surface area contributed by atoms with E-state index in [0.29, 0.717) is 5.92 Å². The van der Waals surface area contributed by atoms with Crippen LogP contribution in [0.3, 0.4) is 0 Å². The van der Waals surface area contributed by atoms with Gasteiger partial charge in [-0.1, -0.05) is 45.4 Å². The van der Waals surface area contributed by atoms with E-state index in [2.05, 4.69) is 6.92 Å². The van der Waals surface area contributed by atoms with Gasteiger partial charge in [-0.15, -0.1) is 0 Å². The zero-order chi connectivity index (χ0) is 9.52. The van der Waals surface area contributed by atoms with Crippen molar-refractivity contribution < 1.29 is 5.11 Å². The van der Waals surface area contributed by atoms with Crippen LogP contribution >= 0.6 is 0 Å². The summed E-state index contributed by atoms with van der Waals surface area (Å²) in [6.45, 7) is 2.25. The summed E-state index contributed by atoms with van der Waals surface area (Å²) in [7, 11) is 0. The lowest BCUT2D eigenvalue weighted by Crippen LogP contribution is -2.30. The number of hydrogen-bond donors (Lipinski definition) is 1. The third kappa shape index (κ3) is 4.12. The Kier molecular flexibility index (Phi) is 5.45. The van der Waals surface area contributed by atoms with Gasteiger partial charge < -0.3 is 5.11 Å². The molecule has 1 heteroatoms. The summed E-state index contributed by atoms with van der Waals surface area (Å²) in [6, 6.07) is 0. The van der Waals surface area contributed by atoms with E-state index in [0.717, 1.165) is 6.42 Å². The van der Waals surface area contributed by atoms with Crippen LogP contribution in [0.15, 0.2) is 0 Å². The topological polar surface area (TPSA) is 20.2 Å². The second-order valence-electron chi connectivity index (χ2n) is 4.46. The molecule has 0 spiro atoms. The second kappa shape index (κ2) is 6.42. The van der Waals surface area contributed by atoms with E-state index in [9.17, 15) is 5.11 Å². The fourth-order valence-corrected chi connectivity index (χ4v) is 2.08. The van der Waals surface area contributed by atoms with E-state index in [1.165, 1.54) is 51.4 Å². The number of aliphatic hydroxyl groups excluding tert-OH is 1. The van der Waals surface area contributed by atoms with Gasteiger partial charge in [-0.05, 0) is 25.2 Å². The minimum atomic E-state index is 0.0515. The molecule has 78 valence electrons. The maximum Gasteiger partial charge on any atom is 0.0568 e. The third-order valence-electron chi connectivity index (χ3n) is 3.31. The smallest absolute Gasteiger partial charge is 0.0568 e. The quantitative estimate of drug-likeness (QED) is 0.600. The maximum atomic E-state index is 9.35. The summed E-state index contributed by atoms with van der Waals surface area (Å²) in [5, 5.41) is 9.35. The molecule has 1 fully saturated rings. The molecule has 0 aromatic heterocycles. The number of hydrogen-bond acceptors (Lipinski definition) is 1. The normalized spacial score (nSPS) is 27.2. The van der Waals surface area contributed by atoms with Crippen LogP contribution < -0.4 is 0 Å². The SMILES string of the molecule is CCCCCCCCC1CCC1O. The highest BCUT2D eigenvalue weighted by Crippen LogP contribution is 2.31. The Bertz CT molecular complexity index is 122. The molecule has 1 rings (SSSR count). The van der Waals surface area contributed by atoms with Crippen molar-refractivity contribution in [2.24, 2.45) is 5.92 Å². The monoisotopic (exact) mass is 184 g/mol. The maximum absolute atomic E-state index is 9.35. The van der Waals surface area contributed by atoms with Crippen molar-refractivity contribution in [3.63, 3.8) is 0 Å². The lowest BCUT2D eigenvalue weighted by Gasteiger charge is -2.32. The van der Waals surface area contributed by atoms with Gasteiger partial charge in [0.15, 0.2) is 0 Å². The second-order valence-corrected chi connectivity index (χ2v) is 4.46. The average molecular weight is 184 g/mol. The van der Waals surface area contributed by atoms with E-state index in [1.807, 2.05) is 0 Å². The Labute approximate surface area is 82.5 Å². The van der Waals surface area contributed by atoms with E-state index in [-0.39, 0.29) is 6.10 Å². The third-order valence-corrected chi connectivity index (χ3v) is 3.31. The molecule has 2 unspecified atom stereocenters. The molecule has 13 heavy (non-hydrogen) atoms. The Hall–Kier alpha value is -0.0400. The van der Waals surface area contributed by atoms with Crippen molar-refractivity contribution in [2.45, 2.75) is 70.8 Å². The summed E-state index contributed by atoms with van der Waals surface area (Å²) >= 11 is 0. The summed E-state index contributed by atoms with van der Waals surface area (Å²) in [6.07, 6.45) is 11.9. The zero-order valence-electron chi connectivity index (χ0n) is 8.97. The molecule has 1 N–H and O–H groups in total. The lowest BCUT2D eigenvalue weighted by molar-refractivity contribution is 0.0181. The average Bonchev–Trinajstić information content (AvgIpc) is 2.14. The predicted molar refractivity (Wildman–Crippen MR) is 56.7 cm³/mol. The summed E-state index contributed by atoms with van der Waals surface area (Å²) in [5.41, 5.74) is 0. The molecule has 0 aromatic carbocycles. The van der Waals surface area contributed by atoms with Gasteiger partial charge in [-0.25, -0.2) is 0 Å². The molecule has 2 atom stereocenters. The van der Waals surface area contributed by atoms with Crippen LogP contribution in [-0.2, 0) is 0 Å². The van der Waals surface area contributed by atoms with Crippen LogP contribution in [0.1, 0.15) is 64.7 Å². The van der Waals surface area contributed by atoms with Gasteiger partial charge in [0.25, 0.3) is 0 Å². The van der Waals surface area contributed by atoms with Crippen LogP contribution in [0, 0.1) is 5.92 Å². The molecule has 0 radical (unpaired) electrons. The predicted octanol–water partition coefficient (Wildman–Crippen LogP) is 3.51. The first-order valence-electron chi connectivity index (χ1n) is 6.02. The zero-order valence-corrected chi connectivity index (χ0v) is 8.97. The molecule has 1 aliphatic carbocycles. The van der Waals surface area contributed by atoms with Crippen LogP contribution in [0.5, 0.6) is 0 Å². The first kappa shape index (κ1) is 11.0. The van der Waals surface area contributed by atoms with Crippen molar-refractivity contribution in [3.8, 4) is 0 Å². The van der Waals surface area contributed by atoms with Gasteiger partial charge in [0.05, 0.1) is 6.10 Å². The molecule has 1 saturated carbocycles. The van der Waals surface area contributed by atoms with Crippen LogP contribution in [0.25, 0.3) is 0 Å². The summed E-state index contributed by atoms with van der Waals surface area (Å²) in [5.74, 6) is 0.658.